The Labute approximate surface area is 180 Å². The topological polar surface area (TPSA) is 70.8 Å². The summed E-state index contributed by atoms with van der Waals surface area (Å²) >= 11 is 0. The second-order valence-electron chi connectivity index (χ2n) is 6.60. The third kappa shape index (κ3) is 5.42. The molecule has 0 aliphatic heterocycles. The SMILES string of the molecule is O=[N+]([O-])c1ccc(-c2ccc(OB(Oc3ccccc3)Oc3ccccc3)cc2)cc1. The van der Waals surface area contributed by atoms with E-state index in [9.17, 15) is 10.1 Å². The minimum absolute atomic E-state index is 0.0580. The van der Waals surface area contributed by atoms with E-state index in [0.717, 1.165) is 11.1 Å². The van der Waals surface area contributed by atoms with Crippen LogP contribution < -0.4 is 14.0 Å². The van der Waals surface area contributed by atoms with Crippen molar-refractivity contribution in [2.24, 2.45) is 0 Å². The molecule has 0 radical (unpaired) electrons. The molecular formula is C24H18BNO5. The van der Waals surface area contributed by atoms with Crippen LogP contribution in [0.15, 0.2) is 109 Å². The molecule has 6 nitrogen and oxygen atoms in total. The molecule has 152 valence electrons. The molecule has 0 atom stereocenters. The molecule has 0 heterocycles. The zero-order valence-corrected chi connectivity index (χ0v) is 16.5. The molecule has 0 fully saturated rings. The largest absolute Gasteiger partial charge is 0.864 e. The van der Waals surface area contributed by atoms with Gasteiger partial charge in [-0.05, 0) is 59.7 Å². The van der Waals surface area contributed by atoms with Crippen LogP contribution in [0.1, 0.15) is 0 Å². The van der Waals surface area contributed by atoms with Gasteiger partial charge in [-0.2, -0.15) is 0 Å². The maximum absolute atomic E-state index is 10.8. The zero-order chi connectivity index (χ0) is 21.5. The summed E-state index contributed by atoms with van der Waals surface area (Å²) in [6.45, 7) is 0. The quantitative estimate of drug-likeness (QED) is 0.209. The molecule has 0 spiro atoms. The number of nitrogens with zero attached hydrogens (tertiary/aromatic N) is 1. The van der Waals surface area contributed by atoms with Gasteiger partial charge in [-0.1, -0.05) is 48.5 Å². The van der Waals surface area contributed by atoms with Gasteiger partial charge in [0.1, 0.15) is 17.2 Å². The first-order valence-electron chi connectivity index (χ1n) is 9.62. The van der Waals surface area contributed by atoms with Gasteiger partial charge >= 0.3 is 7.32 Å². The minimum Gasteiger partial charge on any atom is -0.490 e. The van der Waals surface area contributed by atoms with Crippen LogP contribution in [0.4, 0.5) is 5.69 Å². The summed E-state index contributed by atoms with van der Waals surface area (Å²) in [7, 11) is -0.991. The van der Waals surface area contributed by atoms with Crippen molar-refractivity contribution in [2.45, 2.75) is 0 Å². The predicted molar refractivity (Wildman–Crippen MR) is 119 cm³/mol. The normalized spacial score (nSPS) is 10.2. The van der Waals surface area contributed by atoms with Crippen LogP contribution in [-0.2, 0) is 0 Å². The summed E-state index contributed by atoms with van der Waals surface area (Å²) in [5, 5.41) is 10.8. The third-order valence-electron chi connectivity index (χ3n) is 4.45. The lowest BCUT2D eigenvalue weighted by Gasteiger charge is -2.16. The van der Waals surface area contributed by atoms with E-state index in [2.05, 4.69) is 0 Å². The van der Waals surface area contributed by atoms with E-state index in [1.807, 2.05) is 72.8 Å². The first kappa shape index (κ1) is 20.0. The average Bonchev–Trinajstić information content (AvgIpc) is 2.81. The molecule has 4 aromatic rings. The predicted octanol–water partition coefficient (Wildman–Crippen LogP) is 5.78. The van der Waals surface area contributed by atoms with E-state index in [0.29, 0.717) is 17.2 Å². The van der Waals surface area contributed by atoms with Gasteiger partial charge in [-0.3, -0.25) is 10.1 Å². The zero-order valence-electron chi connectivity index (χ0n) is 16.5. The number of para-hydroxylation sites is 2. The molecule has 0 saturated carbocycles. The summed E-state index contributed by atoms with van der Waals surface area (Å²) in [5.41, 5.74) is 1.84. The first-order chi connectivity index (χ1) is 15.2. The molecule has 0 aliphatic rings. The van der Waals surface area contributed by atoms with Crippen LogP contribution in [0.3, 0.4) is 0 Å². The van der Waals surface area contributed by atoms with E-state index in [-0.39, 0.29) is 5.69 Å². The van der Waals surface area contributed by atoms with Gasteiger partial charge < -0.3 is 14.0 Å². The second kappa shape index (κ2) is 9.50. The minimum atomic E-state index is -0.991. The molecule has 4 aromatic carbocycles. The Bertz CT molecular complexity index is 1080. The van der Waals surface area contributed by atoms with Crippen LogP contribution in [-0.4, -0.2) is 12.2 Å². The number of benzene rings is 4. The highest BCUT2D eigenvalue weighted by Crippen LogP contribution is 2.25. The number of non-ortho nitro benzene ring substituents is 1. The molecule has 0 unspecified atom stereocenters. The Morgan fingerprint density at radius 2 is 0.935 bits per heavy atom. The van der Waals surface area contributed by atoms with E-state index in [1.165, 1.54) is 12.1 Å². The Morgan fingerprint density at radius 1 is 0.548 bits per heavy atom. The lowest BCUT2D eigenvalue weighted by Crippen LogP contribution is -2.36. The van der Waals surface area contributed by atoms with Crippen molar-refractivity contribution in [3.05, 3.63) is 119 Å². The van der Waals surface area contributed by atoms with Crippen LogP contribution in [0, 0.1) is 10.1 Å². The Kier molecular flexibility index (Phi) is 6.14. The molecule has 0 aliphatic carbocycles. The van der Waals surface area contributed by atoms with Crippen molar-refractivity contribution in [1.82, 2.24) is 0 Å². The van der Waals surface area contributed by atoms with E-state index >= 15 is 0 Å². The lowest BCUT2D eigenvalue weighted by molar-refractivity contribution is -0.384. The number of hydrogen-bond acceptors (Lipinski definition) is 5. The van der Waals surface area contributed by atoms with Crippen molar-refractivity contribution in [3.8, 4) is 28.4 Å². The molecule has 0 aromatic heterocycles. The first-order valence-corrected chi connectivity index (χ1v) is 9.62. The van der Waals surface area contributed by atoms with Crippen LogP contribution in [0.5, 0.6) is 17.2 Å². The fourth-order valence-corrected chi connectivity index (χ4v) is 2.91. The van der Waals surface area contributed by atoms with Gasteiger partial charge in [0, 0.05) is 12.1 Å². The van der Waals surface area contributed by atoms with Gasteiger partial charge in [0.2, 0.25) is 0 Å². The van der Waals surface area contributed by atoms with Crippen molar-refractivity contribution in [3.63, 3.8) is 0 Å². The van der Waals surface area contributed by atoms with E-state index < -0.39 is 12.2 Å². The highest BCUT2D eigenvalue weighted by atomic mass is 16.7. The van der Waals surface area contributed by atoms with Crippen LogP contribution in [0.25, 0.3) is 11.1 Å². The molecular weight excluding hydrogens is 393 g/mol. The lowest BCUT2D eigenvalue weighted by atomic mass is 10.1. The highest BCUT2D eigenvalue weighted by molar-refractivity contribution is 6.39. The molecule has 0 amide bonds. The maximum atomic E-state index is 10.8. The van der Waals surface area contributed by atoms with E-state index in [4.69, 9.17) is 14.0 Å². The fourth-order valence-electron chi connectivity index (χ4n) is 2.91. The monoisotopic (exact) mass is 411 g/mol. The number of nitro groups is 1. The smallest absolute Gasteiger partial charge is 0.490 e. The molecule has 0 saturated heterocycles. The van der Waals surface area contributed by atoms with Crippen molar-refractivity contribution < 1.29 is 18.9 Å². The molecule has 7 heteroatoms. The van der Waals surface area contributed by atoms with Crippen molar-refractivity contribution in [2.75, 3.05) is 0 Å². The summed E-state index contributed by atoms with van der Waals surface area (Å²) < 4.78 is 17.7. The number of hydrogen-bond donors (Lipinski definition) is 0. The molecule has 0 bridgehead atoms. The van der Waals surface area contributed by atoms with Crippen LogP contribution in [0.2, 0.25) is 0 Å². The maximum Gasteiger partial charge on any atom is 0.864 e. The van der Waals surface area contributed by atoms with Gasteiger partial charge in [0.15, 0.2) is 0 Å². The molecule has 4 rings (SSSR count). The average molecular weight is 411 g/mol. The van der Waals surface area contributed by atoms with Gasteiger partial charge in [-0.15, -0.1) is 0 Å². The summed E-state index contributed by atoms with van der Waals surface area (Å²) in [4.78, 5) is 10.4. The molecule has 31 heavy (non-hydrogen) atoms. The second-order valence-corrected chi connectivity index (χ2v) is 6.60. The summed E-state index contributed by atoms with van der Waals surface area (Å²) in [6.07, 6.45) is 0. The summed E-state index contributed by atoms with van der Waals surface area (Å²) in [6, 6.07) is 32.3. The van der Waals surface area contributed by atoms with Crippen molar-refractivity contribution in [1.29, 1.82) is 0 Å². The van der Waals surface area contributed by atoms with Gasteiger partial charge in [0.05, 0.1) is 4.92 Å². The molecule has 0 N–H and O–H groups in total. The van der Waals surface area contributed by atoms with E-state index in [1.54, 1.807) is 24.3 Å². The van der Waals surface area contributed by atoms with Crippen LogP contribution >= 0.6 is 0 Å². The fraction of sp³-hybridized carbons (Fsp3) is 0. The Balaban J connectivity index is 1.49. The summed E-state index contributed by atoms with van der Waals surface area (Å²) in [5.74, 6) is 1.79. The highest BCUT2D eigenvalue weighted by Gasteiger charge is 2.30. The number of rotatable bonds is 8. The van der Waals surface area contributed by atoms with Gasteiger partial charge in [-0.25, -0.2) is 0 Å². The Morgan fingerprint density at radius 3 is 1.35 bits per heavy atom. The third-order valence-corrected chi connectivity index (χ3v) is 4.45. The number of nitro benzene ring substituents is 1. The van der Waals surface area contributed by atoms with Gasteiger partial charge in [0.25, 0.3) is 5.69 Å². The standard InChI is InChI=1S/C24H18BNO5/c27-26(28)21-15-11-19(12-16-21)20-13-17-24(18-14-20)31-25(29-22-7-3-1-4-8-22)30-23-9-5-2-6-10-23/h1-18H. The van der Waals surface area contributed by atoms with Crippen molar-refractivity contribution >= 4 is 13.0 Å². The Hall–Kier alpha value is -4.26.